The molecule has 0 aliphatic rings. The van der Waals surface area contributed by atoms with Crippen LogP contribution in [0.4, 0.5) is 0 Å². The molecule has 6 heteroatoms. The number of rotatable bonds is 10. The summed E-state index contributed by atoms with van der Waals surface area (Å²) in [5.41, 5.74) is 0.907. The number of aromatic carboxylic acids is 1. The van der Waals surface area contributed by atoms with Gasteiger partial charge >= 0.3 is 5.97 Å². The van der Waals surface area contributed by atoms with Gasteiger partial charge in [-0.15, -0.1) is 0 Å². The highest BCUT2D eigenvalue weighted by molar-refractivity contribution is 5.88. The lowest BCUT2D eigenvalue weighted by atomic mass is 10.1. The van der Waals surface area contributed by atoms with Crippen molar-refractivity contribution < 1.29 is 28.8 Å². The minimum absolute atomic E-state index is 0.209. The van der Waals surface area contributed by atoms with Gasteiger partial charge in [-0.25, -0.2) is 4.79 Å². The normalized spacial score (nSPS) is 10.5. The first-order valence-corrected chi connectivity index (χ1v) is 6.23. The lowest BCUT2D eigenvalue weighted by Crippen LogP contribution is -2.09. The molecule has 0 bridgehead atoms. The molecular weight excluding hydrogens is 264 g/mol. The number of methoxy groups -OCH3 is 2. The molecule has 112 valence electrons. The number of carboxylic acids is 1. The Labute approximate surface area is 118 Å². The van der Waals surface area contributed by atoms with E-state index in [1.165, 1.54) is 13.2 Å². The van der Waals surface area contributed by atoms with Gasteiger partial charge < -0.3 is 24.1 Å². The van der Waals surface area contributed by atoms with Gasteiger partial charge in [0.1, 0.15) is 5.75 Å². The zero-order valence-corrected chi connectivity index (χ0v) is 11.8. The molecule has 0 heterocycles. The van der Waals surface area contributed by atoms with Crippen molar-refractivity contribution in [2.24, 2.45) is 0 Å². The largest absolute Gasteiger partial charge is 0.496 e. The van der Waals surface area contributed by atoms with E-state index in [-0.39, 0.29) is 12.2 Å². The van der Waals surface area contributed by atoms with E-state index < -0.39 is 5.97 Å². The fourth-order valence-corrected chi connectivity index (χ4v) is 1.57. The number of hydrogen-bond acceptors (Lipinski definition) is 5. The van der Waals surface area contributed by atoms with Gasteiger partial charge in [0.15, 0.2) is 0 Å². The Morgan fingerprint density at radius 2 is 1.80 bits per heavy atom. The van der Waals surface area contributed by atoms with Gasteiger partial charge in [-0.05, 0) is 18.2 Å². The van der Waals surface area contributed by atoms with Crippen molar-refractivity contribution in [3.8, 4) is 5.75 Å². The van der Waals surface area contributed by atoms with Gasteiger partial charge in [0.2, 0.25) is 0 Å². The summed E-state index contributed by atoms with van der Waals surface area (Å²) >= 11 is 0. The van der Waals surface area contributed by atoms with Crippen molar-refractivity contribution >= 4 is 5.97 Å². The van der Waals surface area contributed by atoms with Gasteiger partial charge in [0.05, 0.1) is 45.7 Å². The first kappa shape index (κ1) is 16.4. The summed E-state index contributed by atoms with van der Waals surface area (Å²) < 4.78 is 20.7. The molecule has 0 aromatic heterocycles. The van der Waals surface area contributed by atoms with Crippen LogP contribution in [0.5, 0.6) is 5.75 Å². The topological polar surface area (TPSA) is 74.2 Å². The van der Waals surface area contributed by atoms with Crippen LogP contribution in [0.2, 0.25) is 0 Å². The van der Waals surface area contributed by atoms with Crippen LogP contribution < -0.4 is 4.74 Å². The van der Waals surface area contributed by atoms with Crippen LogP contribution in [0.25, 0.3) is 0 Å². The van der Waals surface area contributed by atoms with Crippen molar-refractivity contribution in [3.63, 3.8) is 0 Å². The molecule has 1 N–H and O–H groups in total. The fraction of sp³-hybridized carbons (Fsp3) is 0.500. The average molecular weight is 284 g/mol. The number of ether oxygens (including phenoxy) is 4. The molecule has 20 heavy (non-hydrogen) atoms. The summed E-state index contributed by atoms with van der Waals surface area (Å²) in [6.07, 6.45) is 0. The van der Waals surface area contributed by atoms with E-state index in [0.717, 1.165) is 0 Å². The Kier molecular flexibility index (Phi) is 7.64. The first-order valence-electron chi connectivity index (χ1n) is 6.23. The maximum atomic E-state index is 10.9. The van der Waals surface area contributed by atoms with Crippen LogP contribution in [0, 0.1) is 0 Å². The molecule has 0 radical (unpaired) electrons. The van der Waals surface area contributed by atoms with Gasteiger partial charge in [0, 0.05) is 12.7 Å². The second kappa shape index (κ2) is 9.30. The molecule has 0 fully saturated rings. The van der Waals surface area contributed by atoms with E-state index in [4.69, 9.17) is 24.1 Å². The first-order chi connectivity index (χ1) is 9.69. The molecule has 0 saturated carbocycles. The molecule has 0 saturated heterocycles. The highest BCUT2D eigenvalue weighted by Gasteiger charge is 2.09. The Balaban J connectivity index is 2.41. The molecule has 1 aromatic carbocycles. The summed E-state index contributed by atoms with van der Waals surface area (Å²) in [5, 5.41) is 8.95. The minimum atomic E-state index is -0.975. The molecule has 0 unspecified atom stereocenters. The van der Waals surface area contributed by atoms with E-state index in [9.17, 15) is 4.79 Å². The Morgan fingerprint density at radius 3 is 2.45 bits per heavy atom. The molecule has 0 aliphatic heterocycles. The van der Waals surface area contributed by atoms with Crippen LogP contribution in [0.1, 0.15) is 15.9 Å². The summed E-state index contributed by atoms with van der Waals surface area (Å²) in [5.74, 6) is -0.368. The third kappa shape index (κ3) is 5.56. The van der Waals surface area contributed by atoms with Gasteiger partial charge in [-0.2, -0.15) is 0 Å². The molecule has 1 rings (SSSR count). The van der Waals surface area contributed by atoms with E-state index in [2.05, 4.69) is 0 Å². The fourth-order valence-electron chi connectivity index (χ4n) is 1.57. The standard InChI is InChI=1S/C14H20O6/c1-17-5-6-19-7-8-20-10-12-9-11(14(15)16)3-4-13(12)18-2/h3-4,9H,5-8,10H2,1-2H3,(H,15,16). The SMILES string of the molecule is COCCOCCOCc1cc(C(=O)O)ccc1OC. The summed E-state index contributed by atoms with van der Waals surface area (Å²) in [7, 11) is 3.15. The van der Waals surface area contributed by atoms with Gasteiger partial charge in [-0.1, -0.05) is 0 Å². The minimum Gasteiger partial charge on any atom is -0.496 e. The van der Waals surface area contributed by atoms with Crippen molar-refractivity contribution in [3.05, 3.63) is 29.3 Å². The molecule has 0 amide bonds. The number of carbonyl (C=O) groups is 1. The molecule has 0 aliphatic carbocycles. The number of hydrogen-bond donors (Lipinski definition) is 1. The smallest absolute Gasteiger partial charge is 0.335 e. The molecular formula is C14H20O6. The lowest BCUT2D eigenvalue weighted by Gasteiger charge is -2.10. The average Bonchev–Trinajstić information content (AvgIpc) is 2.46. The molecule has 1 aromatic rings. The maximum Gasteiger partial charge on any atom is 0.335 e. The summed E-state index contributed by atoms with van der Waals surface area (Å²) in [6.45, 7) is 2.23. The zero-order valence-electron chi connectivity index (χ0n) is 11.8. The predicted molar refractivity (Wildman–Crippen MR) is 72.3 cm³/mol. The Hall–Kier alpha value is -1.63. The Morgan fingerprint density at radius 1 is 1.10 bits per heavy atom. The highest BCUT2D eigenvalue weighted by Crippen LogP contribution is 2.20. The quantitative estimate of drug-likeness (QED) is 0.657. The third-order valence-electron chi connectivity index (χ3n) is 2.59. The van der Waals surface area contributed by atoms with Crippen molar-refractivity contribution in [1.82, 2.24) is 0 Å². The van der Waals surface area contributed by atoms with Crippen LogP contribution in [-0.2, 0) is 20.8 Å². The summed E-state index contributed by atoms with van der Waals surface area (Å²) in [4.78, 5) is 10.9. The van der Waals surface area contributed by atoms with Crippen LogP contribution >= 0.6 is 0 Å². The highest BCUT2D eigenvalue weighted by atomic mass is 16.5. The van der Waals surface area contributed by atoms with Crippen molar-refractivity contribution in [2.45, 2.75) is 6.61 Å². The second-order valence-corrected chi connectivity index (χ2v) is 3.99. The van der Waals surface area contributed by atoms with E-state index in [1.54, 1.807) is 19.2 Å². The lowest BCUT2D eigenvalue weighted by molar-refractivity contribution is 0.0195. The molecule has 6 nitrogen and oxygen atoms in total. The van der Waals surface area contributed by atoms with Crippen LogP contribution in [-0.4, -0.2) is 51.7 Å². The maximum absolute atomic E-state index is 10.9. The molecule has 0 spiro atoms. The van der Waals surface area contributed by atoms with E-state index in [0.29, 0.717) is 37.7 Å². The van der Waals surface area contributed by atoms with Crippen LogP contribution in [0.3, 0.4) is 0 Å². The zero-order chi connectivity index (χ0) is 14.8. The second-order valence-electron chi connectivity index (χ2n) is 3.99. The van der Waals surface area contributed by atoms with Gasteiger partial charge in [-0.3, -0.25) is 0 Å². The Bertz CT molecular complexity index is 418. The van der Waals surface area contributed by atoms with E-state index in [1.807, 2.05) is 0 Å². The van der Waals surface area contributed by atoms with Crippen molar-refractivity contribution in [1.29, 1.82) is 0 Å². The summed E-state index contributed by atoms with van der Waals surface area (Å²) in [6, 6.07) is 4.67. The predicted octanol–water partition coefficient (Wildman–Crippen LogP) is 1.57. The number of benzene rings is 1. The number of carboxylic acid groups (broad SMARTS) is 1. The van der Waals surface area contributed by atoms with Gasteiger partial charge in [0.25, 0.3) is 0 Å². The van der Waals surface area contributed by atoms with Crippen LogP contribution in [0.15, 0.2) is 18.2 Å². The van der Waals surface area contributed by atoms with Crippen molar-refractivity contribution in [2.75, 3.05) is 40.6 Å². The monoisotopic (exact) mass is 284 g/mol. The van der Waals surface area contributed by atoms with E-state index >= 15 is 0 Å². The third-order valence-corrected chi connectivity index (χ3v) is 2.59. The molecule has 0 atom stereocenters.